The number of aryl methyl sites for hydroxylation is 1. The maximum absolute atomic E-state index is 14.5. The number of hydrogen-bond donors (Lipinski definition) is 0. The number of carbonyl (C=O) groups is 1. The van der Waals surface area contributed by atoms with Crippen LogP contribution in [-0.4, -0.2) is 26.7 Å². The molecular weight excluding hydrogens is 413 g/mol. The van der Waals surface area contributed by atoms with E-state index in [4.69, 9.17) is 21.1 Å². The first-order valence-corrected chi connectivity index (χ1v) is 8.84. The Hall–Kier alpha value is -1.79. The number of hydrogen-bond acceptors (Lipinski definition) is 3. The van der Waals surface area contributed by atoms with Crippen molar-refractivity contribution >= 4 is 39.1 Å². The Balaban J connectivity index is 2.07. The van der Waals surface area contributed by atoms with Crippen molar-refractivity contribution in [2.24, 2.45) is 0 Å². The van der Waals surface area contributed by atoms with Crippen molar-refractivity contribution in [1.82, 2.24) is 0 Å². The zero-order valence-corrected chi connectivity index (χ0v) is 16.1. The van der Waals surface area contributed by atoms with Gasteiger partial charge in [-0.05, 0) is 58.6 Å². The second-order valence-corrected chi connectivity index (χ2v) is 6.88. The summed E-state index contributed by atoms with van der Waals surface area (Å²) in [6.45, 7) is 0.436. The van der Waals surface area contributed by atoms with Crippen LogP contribution in [0.1, 0.15) is 22.3 Å². The van der Waals surface area contributed by atoms with Gasteiger partial charge in [0.05, 0.1) is 19.9 Å². The van der Waals surface area contributed by atoms with Gasteiger partial charge in [-0.3, -0.25) is 4.79 Å². The molecule has 0 radical (unpaired) electrons. The van der Waals surface area contributed by atoms with Gasteiger partial charge in [-0.1, -0.05) is 11.6 Å². The SMILES string of the molecule is COc1cc(C(=O)N2CCCc3cc(Cl)cc(F)c32)cc(OC)c1Br. The van der Waals surface area contributed by atoms with Gasteiger partial charge in [0.25, 0.3) is 5.91 Å². The van der Waals surface area contributed by atoms with Crippen LogP contribution < -0.4 is 14.4 Å². The number of amides is 1. The third-order valence-corrected chi connectivity index (χ3v) is 5.14. The molecule has 2 aromatic rings. The maximum Gasteiger partial charge on any atom is 0.258 e. The number of carbonyl (C=O) groups excluding carboxylic acids is 1. The molecule has 1 aliphatic heterocycles. The van der Waals surface area contributed by atoms with Gasteiger partial charge in [0.2, 0.25) is 0 Å². The highest BCUT2D eigenvalue weighted by atomic mass is 79.9. The average molecular weight is 429 g/mol. The van der Waals surface area contributed by atoms with E-state index in [0.717, 1.165) is 12.0 Å². The first kappa shape index (κ1) is 18.0. The highest BCUT2D eigenvalue weighted by Gasteiger charge is 2.28. The predicted octanol–water partition coefficient (Wildman–Crippen LogP) is 4.85. The van der Waals surface area contributed by atoms with E-state index in [9.17, 15) is 9.18 Å². The molecule has 0 aromatic heterocycles. The number of rotatable bonds is 3. The van der Waals surface area contributed by atoms with E-state index in [1.807, 2.05) is 0 Å². The van der Waals surface area contributed by atoms with Crippen LogP contribution in [0.25, 0.3) is 0 Å². The van der Waals surface area contributed by atoms with E-state index in [0.29, 0.717) is 45.2 Å². The average Bonchev–Trinajstić information content (AvgIpc) is 2.60. The van der Waals surface area contributed by atoms with Crippen LogP contribution >= 0.6 is 27.5 Å². The van der Waals surface area contributed by atoms with Crippen LogP contribution in [0, 0.1) is 5.82 Å². The molecule has 0 atom stereocenters. The molecule has 0 saturated heterocycles. The van der Waals surface area contributed by atoms with Gasteiger partial charge in [0.15, 0.2) is 0 Å². The Morgan fingerprint density at radius 3 is 2.44 bits per heavy atom. The summed E-state index contributed by atoms with van der Waals surface area (Å²) in [7, 11) is 3.01. The van der Waals surface area contributed by atoms with Crippen molar-refractivity contribution in [3.05, 3.63) is 50.7 Å². The third kappa shape index (κ3) is 3.33. The number of benzene rings is 2. The Kier molecular flexibility index (Phi) is 5.20. The third-order valence-electron chi connectivity index (χ3n) is 4.14. The number of fused-ring (bicyclic) bond motifs is 1. The molecule has 1 heterocycles. The molecule has 0 aliphatic carbocycles. The lowest BCUT2D eigenvalue weighted by molar-refractivity contribution is 0.0983. The first-order chi connectivity index (χ1) is 12.0. The first-order valence-electron chi connectivity index (χ1n) is 7.67. The second-order valence-electron chi connectivity index (χ2n) is 5.65. The molecule has 0 fully saturated rings. The summed E-state index contributed by atoms with van der Waals surface area (Å²) in [6, 6.07) is 6.16. The van der Waals surface area contributed by atoms with Crippen LogP contribution in [0.3, 0.4) is 0 Å². The minimum atomic E-state index is -0.494. The molecule has 132 valence electrons. The minimum absolute atomic E-state index is 0.293. The smallest absolute Gasteiger partial charge is 0.258 e. The highest BCUT2D eigenvalue weighted by molar-refractivity contribution is 9.10. The van der Waals surface area contributed by atoms with Gasteiger partial charge in [0, 0.05) is 17.1 Å². The number of methoxy groups -OCH3 is 2. The quantitative estimate of drug-likeness (QED) is 0.701. The zero-order chi connectivity index (χ0) is 18.1. The lowest BCUT2D eigenvalue weighted by atomic mass is 10.00. The summed E-state index contributed by atoms with van der Waals surface area (Å²) < 4.78 is 25.7. The van der Waals surface area contributed by atoms with Crippen molar-refractivity contribution in [2.45, 2.75) is 12.8 Å². The normalized spacial score (nSPS) is 13.4. The fourth-order valence-electron chi connectivity index (χ4n) is 3.00. The van der Waals surface area contributed by atoms with E-state index in [2.05, 4.69) is 15.9 Å². The van der Waals surface area contributed by atoms with Crippen molar-refractivity contribution in [2.75, 3.05) is 25.7 Å². The number of ether oxygens (including phenoxy) is 2. The van der Waals surface area contributed by atoms with Gasteiger partial charge in [-0.15, -0.1) is 0 Å². The fourth-order valence-corrected chi connectivity index (χ4v) is 3.78. The largest absolute Gasteiger partial charge is 0.495 e. The molecular formula is C18H16BrClFNO3. The molecule has 1 aliphatic rings. The molecule has 0 saturated carbocycles. The van der Waals surface area contributed by atoms with Gasteiger partial charge >= 0.3 is 0 Å². The van der Waals surface area contributed by atoms with Crippen LogP contribution in [0.2, 0.25) is 5.02 Å². The second kappa shape index (κ2) is 7.22. The molecule has 0 N–H and O–H groups in total. The van der Waals surface area contributed by atoms with Crippen molar-refractivity contribution in [3.8, 4) is 11.5 Å². The Morgan fingerprint density at radius 1 is 1.20 bits per heavy atom. The molecule has 0 unspecified atom stereocenters. The van der Waals surface area contributed by atoms with Crippen LogP contribution in [-0.2, 0) is 6.42 Å². The Morgan fingerprint density at radius 2 is 1.84 bits per heavy atom. The van der Waals surface area contributed by atoms with E-state index in [-0.39, 0.29) is 5.91 Å². The number of anilines is 1. The van der Waals surface area contributed by atoms with Crippen molar-refractivity contribution in [3.63, 3.8) is 0 Å². The summed E-state index contributed by atoms with van der Waals surface area (Å²) in [6.07, 6.45) is 1.42. The zero-order valence-electron chi connectivity index (χ0n) is 13.7. The fraction of sp³-hybridized carbons (Fsp3) is 0.278. The maximum atomic E-state index is 14.5. The highest BCUT2D eigenvalue weighted by Crippen LogP contribution is 2.38. The van der Waals surface area contributed by atoms with Crippen molar-refractivity contribution in [1.29, 1.82) is 0 Å². The summed E-state index contributed by atoms with van der Waals surface area (Å²) in [5, 5.41) is 0.331. The van der Waals surface area contributed by atoms with E-state index in [1.165, 1.54) is 25.2 Å². The van der Waals surface area contributed by atoms with E-state index < -0.39 is 5.82 Å². The topological polar surface area (TPSA) is 38.8 Å². The molecule has 3 rings (SSSR count). The van der Waals surface area contributed by atoms with Gasteiger partial charge in [-0.25, -0.2) is 4.39 Å². The standard InChI is InChI=1S/C18H16BrClFNO3/c1-24-14-7-11(8-15(25-2)16(14)19)18(23)22-5-3-4-10-6-12(20)9-13(21)17(10)22/h6-9H,3-5H2,1-2H3. The predicted molar refractivity (Wildman–Crippen MR) is 98.7 cm³/mol. The molecule has 4 nitrogen and oxygen atoms in total. The lowest BCUT2D eigenvalue weighted by Crippen LogP contribution is -2.36. The summed E-state index contributed by atoms with van der Waals surface area (Å²) >= 11 is 9.32. The Bertz CT molecular complexity index is 818. The molecule has 1 amide bonds. The summed E-state index contributed by atoms with van der Waals surface area (Å²) in [4.78, 5) is 14.5. The molecule has 0 bridgehead atoms. The van der Waals surface area contributed by atoms with Gasteiger partial charge in [-0.2, -0.15) is 0 Å². The minimum Gasteiger partial charge on any atom is -0.495 e. The van der Waals surface area contributed by atoms with Crippen LogP contribution in [0.5, 0.6) is 11.5 Å². The van der Waals surface area contributed by atoms with Gasteiger partial charge in [0.1, 0.15) is 21.8 Å². The van der Waals surface area contributed by atoms with Crippen LogP contribution in [0.4, 0.5) is 10.1 Å². The van der Waals surface area contributed by atoms with E-state index in [1.54, 1.807) is 18.2 Å². The lowest BCUT2D eigenvalue weighted by Gasteiger charge is -2.30. The Labute approximate surface area is 158 Å². The van der Waals surface area contributed by atoms with Crippen LogP contribution in [0.15, 0.2) is 28.7 Å². The summed E-state index contributed by atoms with van der Waals surface area (Å²) in [5.41, 5.74) is 1.39. The number of nitrogens with zero attached hydrogens (tertiary/aromatic N) is 1. The molecule has 25 heavy (non-hydrogen) atoms. The summed E-state index contributed by atoms with van der Waals surface area (Å²) in [5.74, 6) is 0.130. The molecule has 0 spiro atoms. The van der Waals surface area contributed by atoms with E-state index >= 15 is 0 Å². The van der Waals surface area contributed by atoms with Gasteiger partial charge < -0.3 is 14.4 Å². The monoisotopic (exact) mass is 427 g/mol. The van der Waals surface area contributed by atoms with Crippen molar-refractivity contribution < 1.29 is 18.7 Å². The number of halogens is 3. The molecule has 2 aromatic carbocycles. The molecule has 7 heteroatoms.